The van der Waals surface area contributed by atoms with Crippen molar-refractivity contribution in [3.05, 3.63) is 82.9 Å². The van der Waals surface area contributed by atoms with E-state index < -0.39 is 17.5 Å². The van der Waals surface area contributed by atoms with Crippen LogP contribution >= 0.6 is 0 Å². The van der Waals surface area contributed by atoms with Crippen LogP contribution in [-0.2, 0) is 0 Å². The van der Waals surface area contributed by atoms with Gasteiger partial charge in [0, 0.05) is 37.3 Å². The molecule has 1 atom stereocenters. The lowest BCUT2D eigenvalue weighted by atomic mass is 10.1. The lowest BCUT2D eigenvalue weighted by Crippen LogP contribution is -2.55. The maximum absolute atomic E-state index is 13.7. The highest BCUT2D eigenvalue weighted by atomic mass is 19.1. The number of hydrogen-bond acceptors (Lipinski definition) is 5. The number of halogens is 2. The fourth-order valence-corrected chi connectivity index (χ4v) is 4.52. The molecule has 0 aromatic heterocycles. The van der Waals surface area contributed by atoms with Crippen molar-refractivity contribution in [1.82, 2.24) is 9.80 Å². The Morgan fingerprint density at radius 1 is 1.03 bits per heavy atom. The molecule has 1 amide bonds. The Morgan fingerprint density at radius 2 is 1.80 bits per heavy atom. The smallest absolute Gasteiger partial charge is 0.254 e. The van der Waals surface area contributed by atoms with E-state index in [1.54, 1.807) is 12.0 Å². The number of piperazine rings is 1. The van der Waals surface area contributed by atoms with Gasteiger partial charge in [-0.15, -0.1) is 0 Å². The molecule has 0 unspecified atom stereocenters. The van der Waals surface area contributed by atoms with Crippen LogP contribution in [-0.4, -0.2) is 54.3 Å². The Morgan fingerprint density at radius 3 is 2.51 bits per heavy atom. The zero-order chi connectivity index (χ0) is 24.7. The van der Waals surface area contributed by atoms with Gasteiger partial charge in [-0.1, -0.05) is 6.07 Å². The van der Waals surface area contributed by atoms with Gasteiger partial charge in [-0.2, -0.15) is 0 Å². The number of rotatable bonds is 2. The molecule has 2 aliphatic heterocycles. The summed E-state index contributed by atoms with van der Waals surface area (Å²) in [5.41, 5.74) is 2.56. The van der Waals surface area contributed by atoms with Crippen LogP contribution in [0.1, 0.15) is 28.4 Å². The molecule has 5 rings (SSSR count). The van der Waals surface area contributed by atoms with Crippen LogP contribution in [0.2, 0.25) is 0 Å². The summed E-state index contributed by atoms with van der Waals surface area (Å²) in [4.78, 5) is 21.8. The maximum Gasteiger partial charge on any atom is 0.254 e. The molecule has 0 bridgehead atoms. The minimum Gasteiger partial charge on any atom is -0.497 e. The zero-order valence-corrected chi connectivity index (χ0v) is 19.7. The van der Waals surface area contributed by atoms with E-state index in [2.05, 4.69) is 4.90 Å². The number of amidine groups is 1. The average molecular weight is 478 g/mol. The highest BCUT2D eigenvalue weighted by molar-refractivity contribution is 6.04. The first-order chi connectivity index (χ1) is 16.8. The summed E-state index contributed by atoms with van der Waals surface area (Å²) in [6.07, 6.45) is 0. The molecule has 1 saturated heterocycles. The molecule has 2 aliphatic rings. The molecular weight excluding hydrogens is 452 g/mol. The van der Waals surface area contributed by atoms with Crippen molar-refractivity contribution >= 4 is 17.4 Å². The van der Waals surface area contributed by atoms with Crippen LogP contribution in [0.25, 0.3) is 0 Å². The van der Waals surface area contributed by atoms with Crippen LogP contribution in [0.3, 0.4) is 0 Å². The maximum atomic E-state index is 13.7. The highest BCUT2D eigenvalue weighted by Crippen LogP contribution is 2.40. The largest absolute Gasteiger partial charge is 0.497 e. The first kappa shape index (κ1) is 22.8. The molecule has 8 heteroatoms. The fourth-order valence-electron chi connectivity index (χ4n) is 4.52. The van der Waals surface area contributed by atoms with Gasteiger partial charge in [-0.25, -0.2) is 13.8 Å². The standard InChI is InChI=1S/C27H25F2N3O3/c1-16-4-6-23-25(10-16)35-24-7-5-21(34-3)14-22(24)26(30-23)31-8-9-32(17(2)15-31)27(33)18-11-19(28)13-20(29)12-18/h4-7,10-14,17H,8-9,15H2,1-3H3/t17-/m1/s1. The number of hydrogen-bond donors (Lipinski definition) is 0. The third-order valence-corrected chi connectivity index (χ3v) is 6.29. The number of fused-ring (bicyclic) bond motifs is 2. The average Bonchev–Trinajstić information content (AvgIpc) is 2.98. The van der Waals surface area contributed by atoms with Gasteiger partial charge in [0.15, 0.2) is 5.75 Å². The molecule has 3 aromatic rings. The molecule has 0 aliphatic carbocycles. The van der Waals surface area contributed by atoms with E-state index >= 15 is 0 Å². The predicted molar refractivity (Wildman–Crippen MR) is 129 cm³/mol. The van der Waals surface area contributed by atoms with E-state index in [1.807, 2.05) is 50.2 Å². The van der Waals surface area contributed by atoms with Crippen LogP contribution in [0.15, 0.2) is 59.6 Å². The Balaban J connectivity index is 1.47. The van der Waals surface area contributed by atoms with Crippen LogP contribution < -0.4 is 9.47 Å². The van der Waals surface area contributed by atoms with Crippen LogP contribution in [0.4, 0.5) is 14.5 Å². The minimum absolute atomic E-state index is 0.00221. The summed E-state index contributed by atoms with van der Waals surface area (Å²) >= 11 is 0. The molecule has 0 radical (unpaired) electrons. The lowest BCUT2D eigenvalue weighted by molar-refractivity contribution is 0.0580. The van der Waals surface area contributed by atoms with Gasteiger partial charge >= 0.3 is 0 Å². The number of benzene rings is 3. The quantitative estimate of drug-likeness (QED) is 0.502. The number of methoxy groups -OCH3 is 1. The number of aryl methyl sites for hydroxylation is 1. The number of nitrogens with zero attached hydrogens (tertiary/aromatic N) is 3. The Kier molecular flexibility index (Phi) is 5.88. The first-order valence-corrected chi connectivity index (χ1v) is 11.4. The van der Waals surface area contributed by atoms with Crippen molar-refractivity contribution in [2.24, 2.45) is 4.99 Å². The van der Waals surface area contributed by atoms with E-state index in [4.69, 9.17) is 14.5 Å². The van der Waals surface area contributed by atoms with Gasteiger partial charge in [-0.05, 0) is 61.9 Å². The molecule has 1 fully saturated rings. The molecule has 0 N–H and O–H groups in total. The van der Waals surface area contributed by atoms with E-state index in [9.17, 15) is 13.6 Å². The molecule has 0 saturated carbocycles. The summed E-state index contributed by atoms with van der Waals surface area (Å²) in [5, 5.41) is 0. The van der Waals surface area contributed by atoms with Crippen molar-refractivity contribution in [1.29, 1.82) is 0 Å². The van der Waals surface area contributed by atoms with E-state index in [0.29, 0.717) is 42.6 Å². The number of aliphatic imine (C=N–C) groups is 1. The van der Waals surface area contributed by atoms with E-state index in [-0.39, 0.29) is 11.6 Å². The monoisotopic (exact) mass is 477 g/mol. The van der Waals surface area contributed by atoms with Crippen molar-refractivity contribution in [3.8, 4) is 17.2 Å². The molecule has 0 spiro atoms. The molecule has 35 heavy (non-hydrogen) atoms. The Hall–Kier alpha value is -3.94. The summed E-state index contributed by atoms with van der Waals surface area (Å²) in [6, 6.07) is 14.1. The number of ether oxygens (including phenoxy) is 2. The highest BCUT2D eigenvalue weighted by Gasteiger charge is 2.32. The SMILES string of the molecule is COc1ccc2c(c1)C(N1CCN(C(=O)c3cc(F)cc(F)c3)[C@H](C)C1)=Nc1ccc(C)cc1O2. The zero-order valence-electron chi connectivity index (χ0n) is 19.7. The Bertz CT molecular complexity index is 1320. The summed E-state index contributed by atoms with van der Waals surface area (Å²) in [7, 11) is 1.61. The summed E-state index contributed by atoms with van der Waals surface area (Å²) in [6.45, 7) is 5.26. The van der Waals surface area contributed by atoms with Crippen LogP contribution in [0, 0.1) is 18.6 Å². The third kappa shape index (κ3) is 4.43. The fraction of sp³-hybridized carbons (Fsp3) is 0.259. The van der Waals surface area contributed by atoms with Gasteiger partial charge in [-0.3, -0.25) is 4.79 Å². The van der Waals surface area contributed by atoms with E-state index in [1.165, 1.54) is 0 Å². The van der Waals surface area contributed by atoms with Gasteiger partial charge < -0.3 is 19.3 Å². The summed E-state index contributed by atoms with van der Waals surface area (Å²) in [5.74, 6) is 0.787. The lowest BCUT2D eigenvalue weighted by Gasteiger charge is -2.41. The number of amides is 1. The van der Waals surface area contributed by atoms with Crippen molar-refractivity contribution in [3.63, 3.8) is 0 Å². The van der Waals surface area contributed by atoms with Gasteiger partial charge in [0.2, 0.25) is 0 Å². The van der Waals surface area contributed by atoms with Crippen molar-refractivity contribution in [2.45, 2.75) is 19.9 Å². The minimum atomic E-state index is -0.771. The summed E-state index contributed by atoms with van der Waals surface area (Å²) < 4.78 is 39.1. The Labute approximate surface area is 202 Å². The molecule has 6 nitrogen and oxygen atoms in total. The number of carbonyl (C=O) groups is 1. The second kappa shape index (κ2) is 9.02. The van der Waals surface area contributed by atoms with Gasteiger partial charge in [0.05, 0.1) is 12.7 Å². The van der Waals surface area contributed by atoms with E-state index in [0.717, 1.165) is 35.2 Å². The molecule has 180 valence electrons. The van der Waals surface area contributed by atoms with Crippen molar-refractivity contribution in [2.75, 3.05) is 26.7 Å². The topological polar surface area (TPSA) is 54.4 Å². The van der Waals surface area contributed by atoms with Crippen LogP contribution in [0.5, 0.6) is 17.2 Å². The predicted octanol–water partition coefficient (Wildman–Crippen LogP) is 5.31. The van der Waals surface area contributed by atoms with Gasteiger partial charge in [0.1, 0.15) is 34.7 Å². The molecular formula is C27H25F2N3O3. The normalized spacial score (nSPS) is 17.1. The number of carbonyl (C=O) groups excluding carboxylic acids is 1. The molecule has 2 heterocycles. The van der Waals surface area contributed by atoms with Gasteiger partial charge in [0.25, 0.3) is 5.91 Å². The van der Waals surface area contributed by atoms with Crippen molar-refractivity contribution < 1.29 is 23.0 Å². The molecule has 3 aromatic carbocycles. The second-order valence-corrected chi connectivity index (χ2v) is 8.82. The second-order valence-electron chi connectivity index (χ2n) is 8.82. The first-order valence-electron chi connectivity index (χ1n) is 11.4. The third-order valence-electron chi connectivity index (χ3n) is 6.29.